The lowest BCUT2D eigenvalue weighted by atomic mass is 9.69. The first-order chi connectivity index (χ1) is 11.1. The molecule has 3 rings (SSSR count). The van der Waals surface area contributed by atoms with Gasteiger partial charge in [0.1, 0.15) is 0 Å². The summed E-state index contributed by atoms with van der Waals surface area (Å²) in [7, 11) is 0. The molecule has 2 unspecified atom stereocenters. The van der Waals surface area contributed by atoms with Crippen LogP contribution < -0.4 is 10.6 Å². The molecule has 1 saturated heterocycles. The van der Waals surface area contributed by atoms with Crippen LogP contribution in [0.5, 0.6) is 0 Å². The molecule has 1 saturated carbocycles. The van der Waals surface area contributed by atoms with Gasteiger partial charge in [0.2, 0.25) is 5.91 Å². The normalized spacial score (nSPS) is 26.9. The van der Waals surface area contributed by atoms with Crippen molar-refractivity contribution in [2.45, 2.75) is 56.1 Å². The third-order valence-corrected chi connectivity index (χ3v) is 5.54. The number of hydrogen-bond acceptors (Lipinski definition) is 3. The van der Waals surface area contributed by atoms with Gasteiger partial charge in [-0.2, -0.15) is 0 Å². The summed E-state index contributed by atoms with van der Waals surface area (Å²) in [6.45, 7) is 1.15. The number of nitrogens with one attached hydrogen (secondary N) is 2. The van der Waals surface area contributed by atoms with E-state index in [0.717, 1.165) is 17.9 Å². The highest BCUT2D eigenvalue weighted by molar-refractivity contribution is 6.30. The second kappa shape index (κ2) is 7.20. The Hall–Kier alpha value is -1.10. The quantitative estimate of drug-likeness (QED) is 0.791. The van der Waals surface area contributed by atoms with Gasteiger partial charge in [0, 0.05) is 23.5 Å². The lowest BCUT2D eigenvalue weighted by Crippen LogP contribution is -2.47. The average molecular weight is 337 g/mol. The summed E-state index contributed by atoms with van der Waals surface area (Å²) in [5.41, 5.74) is 1.27. The first-order valence-corrected chi connectivity index (χ1v) is 8.92. The van der Waals surface area contributed by atoms with Crippen LogP contribution in [0.1, 0.15) is 44.1 Å². The summed E-state index contributed by atoms with van der Waals surface area (Å²) in [4.78, 5) is 12.4. The van der Waals surface area contributed by atoms with Gasteiger partial charge in [-0.15, -0.1) is 0 Å². The van der Waals surface area contributed by atoms with Crippen LogP contribution in [0, 0.1) is 0 Å². The predicted molar refractivity (Wildman–Crippen MR) is 91.6 cm³/mol. The maximum atomic E-state index is 12.4. The SMILES string of the molecule is O=C(NCC1(c2ccc(Cl)cc2)CCCCC1)C1CC(O)CN1. The Morgan fingerprint density at radius 3 is 2.57 bits per heavy atom. The lowest BCUT2D eigenvalue weighted by Gasteiger charge is -2.38. The van der Waals surface area contributed by atoms with E-state index in [1.807, 2.05) is 12.1 Å². The number of rotatable bonds is 4. The molecule has 2 aliphatic rings. The Morgan fingerprint density at radius 1 is 1.26 bits per heavy atom. The van der Waals surface area contributed by atoms with Crippen LogP contribution in [-0.4, -0.2) is 36.2 Å². The van der Waals surface area contributed by atoms with Crippen molar-refractivity contribution in [1.29, 1.82) is 0 Å². The molecule has 4 nitrogen and oxygen atoms in total. The number of aliphatic hydroxyl groups excluding tert-OH is 1. The fourth-order valence-corrected chi connectivity index (χ4v) is 4.02. The number of halogens is 1. The van der Waals surface area contributed by atoms with Crippen molar-refractivity contribution in [1.82, 2.24) is 10.6 Å². The smallest absolute Gasteiger partial charge is 0.237 e. The van der Waals surface area contributed by atoms with Crippen LogP contribution in [0.2, 0.25) is 5.02 Å². The highest BCUT2D eigenvalue weighted by atomic mass is 35.5. The molecule has 0 spiro atoms. The number of aliphatic hydroxyl groups is 1. The Labute approximate surface area is 142 Å². The summed E-state index contributed by atoms with van der Waals surface area (Å²) in [5.74, 6) is 0.000428. The largest absolute Gasteiger partial charge is 0.392 e. The lowest BCUT2D eigenvalue weighted by molar-refractivity contribution is -0.123. The monoisotopic (exact) mass is 336 g/mol. The summed E-state index contributed by atoms with van der Waals surface area (Å²) >= 11 is 6.02. The van der Waals surface area contributed by atoms with E-state index in [1.165, 1.54) is 24.8 Å². The number of hydrogen-bond donors (Lipinski definition) is 3. The maximum absolute atomic E-state index is 12.4. The van der Waals surface area contributed by atoms with Crippen LogP contribution in [0.4, 0.5) is 0 Å². The van der Waals surface area contributed by atoms with E-state index < -0.39 is 6.10 Å². The van der Waals surface area contributed by atoms with Crippen LogP contribution >= 0.6 is 11.6 Å². The van der Waals surface area contributed by atoms with Crippen LogP contribution in [0.3, 0.4) is 0 Å². The molecule has 23 heavy (non-hydrogen) atoms. The molecule has 2 fully saturated rings. The second-order valence-corrected chi connectivity index (χ2v) is 7.35. The van der Waals surface area contributed by atoms with Crippen molar-refractivity contribution >= 4 is 17.5 Å². The number of amides is 1. The Kier molecular flexibility index (Phi) is 5.24. The molecular weight excluding hydrogens is 312 g/mol. The molecule has 1 aliphatic carbocycles. The van der Waals surface area contributed by atoms with E-state index in [2.05, 4.69) is 22.8 Å². The number of benzene rings is 1. The van der Waals surface area contributed by atoms with E-state index in [4.69, 9.17) is 11.6 Å². The summed E-state index contributed by atoms with van der Waals surface area (Å²) < 4.78 is 0. The van der Waals surface area contributed by atoms with Crippen molar-refractivity contribution in [3.8, 4) is 0 Å². The molecule has 0 radical (unpaired) electrons. The zero-order chi connectivity index (χ0) is 16.3. The molecule has 126 valence electrons. The first kappa shape index (κ1) is 16.7. The average Bonchev–Trinajstić information content (AvgIpc) is 3.01. The Bertz CT molecular complexity index is 540. The molecule has 1 aromatic rings. The summed E-state index contributed by atoms with van der Waals surface area (Å²) in [5, 5.41) is 16.5. The predicted octanol–water partition coefficient (Wildman–Crippen LogP) is 2.38. The highest BCUT2D eigenvalue weighted by Gasteiger charge is 2.35. The van der Waals surface area contributed by atoms with Crippen molar-refractivity contribution in [3.63, 3.8) is 0 Å². The molecule has 0 aromatic heterocycles. The van der Waals surface area contributed by atoms with Crippen molar-refractivity contribution in [3.05, 3.63) is 34.9 Å². The fourth-order valence-electron chi connectivity index (χ4n) is 3.90. The maximum Gasteiger partial charge on any atom is 0.237 e. The Balaban J connectivity index is 1.69. The van der Waals surface area contributed by atoms with Gasteiger partial charge in [0.25, 0.3) is 0 Å². The number of carbonyl (C=O) groups is 1. The van der Waals surface area contributed by atoms with E-state index >= 15 is 0 Å². The summed E-state index contributed by atoms with van der Waals surface area (Å²) in [6.07, 6.45) is 5.92. The molecule has 5 heteroatoms. The van der Waals surface area contributed by atoms with Gasteiger partial charge in [-0.25, -0.2) is 0 Å². The van der Waals surface area contributed by atoms with Gasteiger partial charge < -0.3 is 15.7 Å². The molecule has 1 aromatic carbocycles. The minimum atomic E-state index is -0.411. The third-order valence-electron chi connectivity index (χ3n) is 5.29. The molecule has 0 bridgehead atoms. The van der Waals surface area contributed by atoms with Gasteiger partial charge in [-0.05, 0) is 37.0 Å². The Morgan fingerprint density at radius 2 is 1.96 bits per heavy atom. The molecule has 1 amide bonds. The minimum Gasteiger partial charge on any atom is -0.392 e. The summed E-state index contributed by atoms with van der Waals surface area (Å²) in [6, 6.07) is 7.79. The van der Waals surface area contributed by atoms with Crippen molar-refractivity contribution < 1.29 is 9.90 Å². The van der Waals surface area contributed by atoms with E-state index in [-0.39, 0.29) is 17.4 Å². The van der Waals surface area contributed by atoms with Crippen LogP contribution in [-0.2, 0) is 10.2 Å². The van der Waals surface area contributed by atoms with Crippen LogP contribution in [0.15, 0.2) is 24.3 Å². The third kappa shape index (κ3) is 3.87. The second-order valence-electron chi connectivity index (χ2n) is 6.92. The zero-order valence-corrected chi connectivity index (χ0v) is 14.1. The topological polar surface area (TPSA) is 61.4 Å². The fraction of sp³-hybridized carbons (Fsp3) is 0.611. The van der Waals surface area contributed by atoms with Crippen molar-refractivity contribution in [2.24, 2.45) is 0 Å². The first-order valence-electron chi connectivity index (χ1n) is 8.54. The van der Waals surface area contributed by atoms with Gasteiger partial charge in [-0.3, -0.25) is 4.79 Å². The van der Waals surface area contributed by atoms with E-state index in [1.54, 1.807) is 0 Å². The molecular formula is C18H25ClN2O2. The van der Waals surface area contributed by atoms with E-state index in [9.17, 15) is 9.90 Å². The zero-order valence-electron chi connectivity index (χ0n) is 13.4. The molecule has 1 heterocycles. The van der Waals surface area contributed by atoms with Gasteiger partial charge in [0.15, 0.2) is 0 Å². The van der Waals surface area contributed by atoms with Crippen LogP contribution in [0.25, 0.3) is 0 Å². The molecule has 3 N–H and O–H groups in total. The van der Waals surface area contributed by atoms with Gasteiger partial charge >= 0.3 is 0 Å². The van der Waals surface area contributed by atoms with Gasteiger partial charge in [-0.1, -0.05) is 43.0 Å². The highest BCUT2D eigenvalue weighted by Crippen LogP contribution is 2.39. The minimum absolute atomic E-state index is 0.000428. The molecule has 1 aliphatic heterocycles. The molecule has 2 atom stereocenters. The van der Waals surface area contributed by atoms with E-state index in [0.29, 0.717) is 19.5 Å². The standard InChI is InChI=1S/C18H25ClN2O2/c19-14-6-4-13(5-7-14)18(8-2-1-3-9-18)12-21-17(23)16-10-15(22)11-20-16/h4-7,15-16,20,22H,1-3,8-12H2,(H,21,23). The van der Waals surface area contributed by atoms with Gasteiger partial charge in [0.05, 0.1) is 12.1 Å². The number of carbonyl (C=O) groups excluding carboxylic acids is 1. The van der Waals surface area contributed by atoms with Crippen molar-refractivity contribution in [2.75, 3.05) is 13.1 Å². The number of β-amino-alcohol motifs (C(OH)–C–C–N with tert-alkyl or cyclic N) is 1.